The van der Waals surface area contributed by atoms with Gasteiger partial charge in [0.05, 0.1) is 10.6 Å². The summed E-state index contributed by atoms with van der Waals surface area (Å²) in [5, 5.41) is 3.75. The molecule has 1 aliphatic heterocycles. The fourth-order valence-corrected chi connectivity index (χ4v) is 3.69. The molecule has 29 heavy (non-hydrogen) atoms. The topological polar surface area (TPSA) is 97.7 Å². The number of hydrogen-bond acceptors (Lipinski definition) is 5. The number of carbonyl (C=O) groups excluding carboxylic acids is 2. The maximum atomic E-state index is 12.2. The molecule has 1 aromatic heterocycles. The molecule has 0 bridgehead atoms. The summed E-state index contributed by atoms with van der Waals surface area (Å²) >= 11 is 7.17. The lowest BCUT2D eigenvalue weighted by molar-refractivity contribution is -0.115. The second-order valence-corrected chi connectivity index (χ2v) is 7.58. The van der Waals surface area contributed by atoms with Gasteiger partial charge < -0.3 is 15.5 Å². The van der Waals surface area contributed by atoms with Crippen LogP contribution in [0.25, 0.3) is 17.4 Å². The van der Waals surface area contributed by atoms with Crippen molar-refractivity contribution in [3.63, 3.8) is 0 Å². The van der Waals surface area contributed by atoms with Crippen LogP contribution in [-0.4, -0.2) is 17.0 Å². The van der Waals surface area contributed by atoms with Crippen LogP contribution >= 0.6 is 23.4 Å². The average molecular weight is 424 g/mol. The van der Waals surface area contributed by atoms with Crippen LogP contribution in [-0.2, 0) is 4.79 Å². The number of nitrogens with zero attached hydrogens (tertiary/aromatic N) is 1. The molecule has 0 spiro atoms. The average Bonchev–Trinajstić information content (AvgIpc) is 3.29. The molecule has 0 saturated carbocycles. The quantitative estimate of drug-likeness (QED) is 0.599. The molecule has 0 aliphatic carbocycles. The zero-order valence-corrected chi connectivity index (χ0v) is 16.5. The number of benzene rings is 2. The van der Waals surface area contributed by atoms with Gasteiger partial charge in [-0.2, -0.15) is 0 Å². The highest BCUT2D eigenvalue weighted by Crippen LogP contribution is 2.30. The summed E-state index contributed by atoms with van der Waals surface area (Å²) in [6.07, 6.45) is 1.64. The molecular weight excluding hydrogens is 410 g/mol. The normalized spacial score (nSPS) is 16.4. The summed E-state index contributed by atoms with van der Waals surface area (Å²) in [5.41, 5.74) is 7.09. The Labute approximate surface area is 175 Å². The highest BCUT2D eigenvalue weighted by molar-refractivity contribution is 8.18. The van der Waals surface area contributed by atoms with Crippen LogP contribution in [0.2, 0.25) is 5.02 Å². The van der Waals surface area contributed by atoms with Crippen LogP contribution in [0, 0.1) is 0 Å². The standard InChI is InChI=1S/C21H14ClN3O3S/c22-14-5-2-6-15(10-14)24-21-25-20(27)18(29-21)11-16-7-8-17(28-16)12-3-1-4-13(9-12)19(23)26/h1-11H,(H2,23,26)(H,24,25,27)/b18-11+. The van der Waals surface area contributed by atoms with E-state index in [1.807, 2.05) is 6.07 Å². The van der Waals surface area contributed by atoms with Crippen LogP contribution < -0.4 is 11.1 Å². The second kappa shape index (κ2) is 7.98. The lowest BCUT2D eigenvalue weighted by atomic mass is 10.1. The predicted molar refractivity (Wildman–Crippen MR) is 115 cm³/mol. The molecule has 2 aromatic carbocycles. The summed E-state index contributed by atoms with van der Waals surface area (Å²) < 4.78 is 5.80. The fourth-order valence-electron chi connectivity index (χ4n) is 2.68. The minimum atomic E-state index is -0.508. The van der Waals surface area contributed by atoms with Gasteiger partial charge in [-0.05, 0) is 54.2 Å². The predicted octanol–water partition coefficient (Wildman–Crippen LogP) is 4.59. The smallest absolute Gasteiger partial charge is 0.264 e. The van der Waals surface area contributed by atoms with Crippen molar-refractivity contribution < 1.29 is 14.0 Å². The molecule has 8 heteroatoms. The third-order valence-electron chi connectivity index (χ3n) is 4.02. The Hall–Kier alpha value is -3.29. The number of thioether (sulfide) groups is 1. The third-order valence-corrected chi connectivity index (χ3v) is 5.17. The minimum absolute atomic E-state index is 0.260. The Morgan fingerprint density at radius 2 is 1.97 bits per heavy atom. The molecule has 2 amide bonds. The lowest BCUT2D eigenvalue weighted by Crippen LogP contribution is -2.19. The molecule has 0 atom stereocenters. The molecule has 0 unspecified atom stereocenters. The maximum Gasteiger partial charge on any atom is 0.264 e. The Kier molecular flexibility index (Phi) is 5.24. The van der Waals surface area contributed by atoms with Gasteiger partial charge in [0.15, 0.2) is 5.17 Å². The number of nitrogens with one attached hydrogen (secondary N) is 1. The third kappa shape index (κ3) is 4.42. The van der Waals surface area contributed by atoms with Gasteiger partial charge >= 0.3 is 0 Å². The highest BCUT2D eigenvalue weighted by Gasteiger charge is 2.24. The number of aliphatic imine (C=N–C) groups is 1. The van der Waals surface area contributed by atoms with E-state index in [0.29, 0.717) is 37.9 Å². The highest BCUT2D eigenvalue weighted by atomic mass is 35.5. The minimum Gasteiger partial charge on any atom is -0.457 e. The molecule has 1 aliphatic rings. The van der Waals surface area contributed by atoms with Gasteiger partial charge in [-0.3, -0.25) is 9.59 Å². The largest absolute Gasteiger partial charge is 0.457 e. The van der Waals surface area contributed by atoms with E-state index in [4.69, 9.17) is 21.8 Å². The van der Waals surface area contributed by atoms with Gasteiger partial charge in [-0.15, -0.1) is 0 Å². The summed E-state index contributed by atoms with van der Waals surface area (Å²) in [6, 6.07) is 17.4. The van der Waals surface area contributed by atoms with Crippen molar-refractivity contribution >= 4 is 52.1 Å². The zero-order chi connectivity index (χ0) is 20.4. The molecule has 1 saturated heterocycles. The number of amidine groups is 1. The van der Waals surface area contributed by atoms with Gasteiger partial charge in [0.1, 0.15) is 11.5 Å². The van der Waals surface area contributed by atoms with Crippen molar-refractivity contribution in [2.75, 3.05) is 0 Å². The first kappa shape index (κ1) is 19.0. The van der Waals surface area contributed by atoms with Gasteiger partial charge in [-0.25, -0.2) is 4.99 Å². The van der Waals surface area contributed by atoms with Crippen molar-refractivity contribution in [2.24, 2.45) is 10.7 Å². The van der Waals surface area contributed by atoms with Crippen LogP contribution in [0.5, 0.6) is 0 Å². The molecule has 144 valence electrons. The Bertz CT molecular complexity index is 1180. The van der Waals surface area contributed by atoms with Crippen LogP contribution in [0.15, 0.2) is 75.0 Å². The number of furan rings is 1. The van der Waals surface area contributed by atoms with E-state index >= 15 is 0 Å². The molecule has 0 radical (unpaired) electrons. The monoisotopic (exact) mass is 423 g/mol. The summed E-state index contributed by atoms with van der Waals surface area (Å²) in [7, 11) is 0. The number of rotatable bonds is 4. The lowest BCUT2D eigenvalue weighted by Gasteiger charge is -1.99. The fraction of sp³-hybridized carbons (Fsp3) is 0. The van der Waals surface area contributed by atoms with Crippen molar-refractivity contribution in [1.29, 1.82) is 0 Å². The zero-order valence-electron chi connectivity index (χ0n) is 14.9. The van der Waals surface area contributed by atoms with E-state index in [2.05, 4.69) is 10.3 Å². The van der Waals surface area contributed by atoms with Crippen molar-refractivity contribution in [3.8, 4) is 11.3 Å². The van der Waals surface area contributed by atoms with Gasteiger partial charge in [0, 0.05) is 22.2 Å². The molecule has 2 heterocycles. The van der Waals surface area contributed by atoms with Crippen molar-refractivity contribution in [1.82, 2.24) is 5.32 Å². The van der Waals surface area contributed by atoms with Gasteiger partial charge in [-0.1, -0.05) is 29.8 Å². The van der Waals surface area contributed by atoms with E-state index < -0.39 is 5.91 Å². The van der Waals surface area contributed by atoms with Crippen LogP contribution in [0.4, 0.5) is 5.69 Å². The Morgan fingerprint density at radius 1 is 1.14 bits per heavy atom. The number of amides is 2. The number of carbonyl (C=O) groups is 2. The first-order valence-corrected chi connectivity index (χ1v) is 9.72. The number of primary amides is 1. The first-order valence-electron chi connectivity index (χ1n) is 8.53. The SMILES string of the molecule is NC(=O)c1cccc(-c2ccc(/C=C3/SC(=Nc4cccc(Cl)c4)NC3=O)o2)c1. The van der Waals surface area contributed by atoms with Gasteiger partial charge in [0.2, 0.25) is 5.91 Å². The molecule has 3 aromatic rings. The van der Waals surface area contributed by atoms with Crippen molar-refractivity contribution in [3.05, 3.63) is 81.9 Å². The van der Waals surface area contributed by atoms with Crippen LogP contribution in [0.3, 0.4) is 0 Å². The van der Waals surface area contributed by atoms with Gasteiger partial charge in [0.25, 0.3) is 5.91 Å². The molecule has 6 nitrogen and oxygen atoms in total. The summed E-state index contributed by atoms with van der Waals surface area (Å²) in [6.45, 7) is 0. The molecule has 4 rings (SSSR count). The summed E-state index contributed by atoms with van der Waals surface area (Å²) in [4.78, 5) is 28.4. The number of halogens is 1. The van der Waals surface area contributed by atoms with E-state index in [1.165, 1.54) is 11.8 Å². The Balaban J connectivity index is 1.55. The summed E-state index contributed by atoms with van der Waals surface area (Å²) in [5.74, 6) is 0.304. The Morgan fingerprint density at radius 3 is 2.76 bits per heavy atom. The van der Waals surface area contributed by atoms with E-state index in [1.54, 1.807) is 60.7 Å². The van der Waals surface area contributed by atoms with E-state index in [9.17, 15) is 9.59 Å². The molecule has 3 N–H and O–H groups in total. The second-order valence-electron chi connectivity index (χ2n) is 6.11. The van der Waals surface area contributed by atoms with E-state index in [0.717, 1.165) is 5.56 Å². The molecular formula is C21H14ClN3O3S. The van der Waals surface area contributed by atoms with Crippen LogP contribution in [0.1, 0.15) is 16.1 Å². The molecule has 1 fully saturated rings. The maximum absolute atomic E-state index is 12.2. The number of nitrogens with two attached hydrogens (primary N) is 1. The first-order chi connectivity index (χ1) is 14.0. The van der Waals surface area contributed by atoms with E-state index in [-0.39, 0.29) is 5.91 Å². The number of hydrogen-bond donors (Lipinski definition) is 2. The van der Waals surface area contributed by atoms with Crippen molar-refractivity contribution in [2.45, 2.75) is 0 Å².